The lowest BCUT2D eigenvalue weighted by molar-refractivity contribution is -0.122. The number of methoxy groups -OCH3 is 1. The van der Waals surface area contributed by atoms with Gasteiger partial charge in [-0.2, -0.15) is 0 Å². The number of aliphatic imine (C=N–C) groups is 1. The first-order valence-electron chi connectivity index (χ1n) is 11.4. The van der Waals surface area contributed by atoms with Gasteiger partial charge in [-0.25, -0.2) is 4.99 Å². The van der Waals surface area contributed by atoms with Gasteiger partial charge in [0.05, 0.1) is 23.7 Å². The number of amidine groups is 1. The van der Waals surface area contributed by atoms with Crippen LogP contribution in [0.3, 0.4) is 0 Å². The summed E-state index contributed by atoms with van der Waals surface area (Å²) in [6, 6.07) is 14.3. The monoisotopic (exact) mass is 463 g/mol. The third-order valence-electron chi connectivity index (χ3n) is 6.70. The van der Waals surface area contributed by atoms with Gasteiger partial charge in [-0.3, -0.25) is 9.69 Å². The number of nitrogens with zero attached hydrogens (tertiary/aromatic N) is 3. The molecule has 0 spiro atoms. The van der Waals surface area contributed by atoms with Crippen LogP contribution in [0.5, 0.6) is 0 Å². The van der Waals surface area contributed by atoms with Gasteiger partial charge in [-0.1, -0.05) is 25.1 Å². The van der Waals surface area contributed by atoms with E-state index in [0.29, 0.717) is 29.1 Å². The van der Waals surface area contributed by atoms with Crippen LogP contribution < -0.4 is 4.90 Å². The van der Waals surface area contributed by atoms with E-state index in [0.717, 1.165) is 17.7 Å². The van der Waals surface area contributed by atoms with Gasteiger partial charge in [0, 0.05) is 25.4 Å². The van der Waals surface area contributed by atoms with Crippen LogP contribution in [0.15, 0.2) is 52.4 Å². The minimum atomic E-state index is -0.0184. The second-order valence-corrected chi connectivity index (χ2v) is 10.5. The molecule has 1 saturated heterocycles. The molecule has 0 radical (unpaired) electrons. The lowest BCUT2D eigenvalue weighted by Crippen LogP contribution is -2.45. The number of thioether (sulfide) groups is 1. The van der Waals surface area contributed by atoms with E-state index in [1.165, 1.54) is 28.6 Å². The van der Waals surface area contributed by atoms with Crippen molar-refractivity contribution in [2.24, 2.45) is 4.99 Å². The zero-order chi connectivity index (χ0) is 23.8. The van der Waals surface area contributed by atoms with Gasteiger partial charge in [0.1, 0.15) is 0 Å². The van der Waals surface area contributed by atoms with Crippen molar-refractivity contribution in [3.63, 3.8) is 0 Å². The van der Waals surface area contributed by atoms with Crippen LogP contribution in [0.4, 0.5) is 11.4 Å². The number of rotatable bonds is 5. The number of ether oxygens (including phenoxy) is 1. The molecule has 0 aliphatic carbocycles. The summed E-state index contributed by atoms with van der Waals surface area (Å²) < 4.78 is 5.24. The largest absolute Gasteiger partial charge is 0.383 e. The molecular weight excluding hydrogens is 430 g/mol. The zero-order valence-corrected chi connectivity index (χ0v) is 21.2. The number of benzene rings is 2. The highest BCUT2D eigenvalue weighted by Crippen LogP contribution is 2.44. The van der Waals surface area contributed by atoms with Crippen LogP contribution in [-0.2, 0) is 9.53 Å². The molecule has 0 saturated carbocycles. The number of anilines is 1. The molecule has 1 unspecified atom stereocenters. The van der Waals surface area contributed by atoms with Crippen molar-refractivity contribution in [3.05, 3.63) is 64.1 Å². The van der Waals surface area contributed by atoms with Crippen LogP contribution >= 0.6 is 11.8 Å². The van der Waals surface area contributed by atoms with Crippen LogP contribution in [-0.4, -0.2) is 48.8 Å². The molecule has 1 fully saturated rings. The number of para-hydroxylation sites is 1. The molecule has 1 amide bonds. The SMILES string of the molecule is COCCN1C(=O)/C(=C/c2cc3c(cc2C)N(C)C(C)(C)CC3C)SC1=Nc1ccccc1. The van der Waals surface area contributed by atoms with Crippen molar-refractivity contribution in [2.75, 3.05) is 32.2 Å². The van der Waals surface area contributed by atoms with E-state index in [9.17, 15) is 4.79 Å². The fourth-order valence-corrected chi connectivity index (χ4v) is 5.63. The minimum Gasteiger partial charge on any atom is -0.383 e. The Balaban J connectivity index is 1.71. The maximum atomic E-state index is 13.3. The van der Waals surface area contributed by atoms with Crippen LogP contribution in [0.2, 0.25) is 0 Å². The number of amides is 1. The molecule has 0 bridgehead atoms. The lowest BCUT2D eigenvalue weighted by atomic mass is 9.79. The molecule has 33 heavy (non-hydrogen) atoms. The van der Waals surface area contributed by atoms with E-state index in [4.69, 9.17) is 9.73 Å². The Hall–Kier alpha value is -2.57. The second kappa shape index (κ2) is 9.35. The molecule has 5 nitrogen and oxygen atoms in total. The Morgan fingerprint density at radius 2 is 1.97 bits per heavy atom. The Labute approximate surface area is 201 Å². The van der Waals surface area contributed by atoms with Crippen LogP contribution in [0.1, 0.15) is 49.8 Å². The van der Waals surface area contributed by atoms with E-state index in [1.54, 1.807) is 12.0 Å². The molecule has 6 heteroatoms. The Bertz CT molecular complexity index is 1110. The summed E-state index contributed by atoms with van der Waals surface area (Å²) in [5.41, 5.74) is 5.86. The standard InChI is InChI=1S/C27H33N3O2S/c1-18-14-23-22(19(2)17-27(3,4)29(23)5)15-20(18)16-24-25(31)30(12-13-32-6)26(33-24)28-21-10-8-7-9-11-21/h7-11,14-16,19H,12-13,17H2,1-6H3/b24-16-,28-26?. The molecule has 0 N–H and O–H groups in total. The van der Waals surface area contributed by atoms with E-state index < -0.39 is 0 Å². The van der Waals surface area contributed by atoms with Crippen molar-refractivity contribution in [3.8, 4) is 0 Å². The molecular formula is C27H33N3O2S. The predicted molar refractivity (Wildman–Crippen MR) is 139 cm³/mol. The Kier molecular flexibility index (Phi) is 6.68. The molecule has 2 aliphatic rings. The van der Waals surface area contributed by atoms with Crippen molar-refractivity contribution >= 4 is 40.3 Å². The van der Waals surface area contributed by atoms with Gasteiger partial charge in [0.2, 0.25) is 0 Å². The smallest absolute Gasteiger partial charge is 0.266 e. The first-order chi connectivity index (χ1) is 15.7. The highest BCUT2D eigenvalue weighted by Gasteiger charge is 2.36. The highest BCUT2D eigenvalue weighted by atomic mass is 32.2. The molecule has 2 aromatic carbocycles. The van der Waals surface area contributed by atoms with Gasteiger partial charge in [-0.05, 0) is 91.9 Å². The van der Waals surface area contributed by atoms with Crippen molar-refractivity contribution in [1.29, 1.82) is 0 Å². The molecule has 4 rings (SSSR count). The van der Waals surface area contributed by atoms with Gasteiger partial charge in [0.25, 0.3) is 5.91 Å². The summed E-state index contributed by atoms with van der Waals surface area (Å²) in [5, 5.41) is 0.694. The lowest BCUT2D eigenvalue weighted by Gasteiger charge is -2.45. The topological polar surface area (TPSA) is 45.1 Å². The first-order valence-corrected chi connectivity index (χ1v) is 12.3. The highest BCUT2D eigenvalue weighted by molar-refractivity contribution is 8.18. The summed E-state index contributed by atoms with van der Waals surface area (Å²) in [6.07, 6.45) is 3.13. The zero-order valence-electron chi connectivity index (χ0n) is 20.4. The van der Waals surface area contributed by atoms with E-state index >= 15 is 0 Å². The van der Waals surface area contributed by atoms with E-state index in [1.807, 2.05) is 36.4 Å². The molecule has 2 aliphatic heterocycles. The number of aryl methyl sites for hydroxylation is 1. The average molecular weight is 464 g/mol. The van der Waals surface area contributed by atoms with Crippen LogP contribution in [0, 0.1) is 6.92 Å². The summed E-state index contributed by atoms with van der Waals surface area (Å²) in [4.78, 5) is 22.9. The fourth-order valence-electron chi connectivity index (χ4n) is 4.62. The molecule has 2 heterocycles. The number of fused-ring (bicyclic) bond motifs is 1. The fraction of sp³-hybridized carbons (Fsp3) is 0.407. The average Bonchev–Trinajstić information content (AvgIpc) is 3.06. The van der Waals surface area contributed by atoms with Crippen molar-refractivity contribution < 1.29 is 9.53 Å². The third kappa shape index (κ3) is 4.73. The number of carbonyl (C=O) groups excluding carboxylic acids is 1. The predicted octanol–water partition coefficient (Wildman–Crippen LogP) is 5.97. The van der Waals surface area contributed by atoms with E-state index in [2.05, 4.69) is 51.8 Å². The normalized spacial score (nSPS) is 22.4. The summed E-state index contributed by atoms with van der Waals surface area (Å²) in [5.74, 6) is 0.444. The summed E-state index contributed by atoms with van der Waals surface area (Å²) >= 11 is 1.44. The maximum Gasteiger partial charge on any atom is 0.266 e. The number of carbonyl (C=O) groups is 1. The van der Waals surface area contributed by atoms with Crippen molar-refractivity contribution in [1.82, 2.24) is 4.90 Å². The van der Waals surface area contributed by atoms with Gasteiger partial charge in [0.15, 0.2) is 5.17 Å². The summed E-state index contributed by atoms with van der Waals surface area (Å²) in [7, 11) is 3.83. The molecule has 174 valence electrons. The molecule has 1 atom stereocenters. The quantitative estimate of drug-likeness (QED) is 0.513. The summed E-state index contributed by atoms with van der Waals surface area (Å²) in [6.45, 7) is 9.96. The maximum absolute atomic E-state index is 13.3. The van der Waals surface area contributed by atoms with Crippen molar-refractivity contribution in [2.45, 2.75) is 45.6 Å². The van der Waals surface area contributed by atoms with Gasteiger partial charge >= 0.3 is 0 Å². The Morgan fingerprint density at radius 3 is 2.67 bits per heavy atom. The first kappa shape index (κ1) is 23.6. The van der Waals surface area contributed by atoms with E-state index in [-0.39, 0.29) is 11.4 Å². The van der Waals surface area contributed by atoms with Crippen LogP contribution in [0.25, 0.3) is 6.08 Å². The molecule has 0 aromatic heterocycles. The number of hydrogen-bond acceptors (Lipinski definition) is 5. The third-order valence-corrected chi connectivity index (χ3v) is 7.70. The van der Waals surface area contributed by atoms with Gasteiger partial charge in [-0.15, -0.1) is 0 Å². The Morgan fingerprint density at radius 1 is 1.24 bits per heavy atom. The number of hydrogen-bond donors (Lipinski definition) is 0. The molecule has 2 aromatic rings. The van der Waals surface area contributed by atoms with Gasteiger partial charge < -0.3 is 9.64 Å². The minimum absolute atomic E-state index is 0.0184. The second-order valence-electron chi connectivity index (χ2n) is 9.53.